The molecule has 1 aliphatic carbocycles. The van der Waals surface area contributed by atoms with Crippen molar-refractivity contribution in [2.24, 2.45) is 0 Å². The zero-order valence-electron chi connectivity index (χ0n) is 8.50. The Hall–Kier alpha value is -1.98. The van der Waals surface area contributed by atoms with E-state index in [0.29, 0.717) is 11.7 Å². The Morgan fingerprint density at radius 3 is 2.94 bits per heavy atom. The first-order valence-electron chi connectivity index (χ1n) is 5.19. The van der Waals surface area contributed by atoms with E-state index in [0.717, 1.165) is 5.56 Å². The van der Waals surface area contributed by atoms with Gasteiger partial charge in [0, 0.05) is 12.4 Å². The molecule has 0 amide bonds. The first-order chi connectivity index (χ1) is 7.74. The number of rotatable bonds is 2. The van der Waals surface area contributed by atoms with Crippen LogP contribution in [0.5, 0.6) is 0 Å². The first-order valence-corrected chi connectivity index (χ1v) is 5.19. The standard InChI is InChI=1S/C10H10N4O2/c15-9(16)8-12-10-11-4-7(5-14(10)13-8)6-2-1-3-6/h4-6H,1-3H2,(H,15,16). The van der Waals surface area contributed by atoms with Gasteiger partial charge in [-0.25, -0.2) is 14.3 Å². The van der Waals surface area contributed by atoms with Crippen LogP contribution in [0.2, 0.25) is 0 Å². The van der Waals surface area contributed by atoms with Gasteiger partial charge < -0.3 is 5.11 Å². The molecule has 0 saturated heterocycles. The van der Waals surface area contributed by atoms with Crippen LogP contribution in [0.15, 0.2) is 12.4 Å². The summed E-state index contributed by atoms with van der Waals surface area (Å²) in [4.78, 5) is 18.6. The van der Waals surface area contributed by atoms with Crippen LogP contribution in [0.1, 0.15) is 41.4 Å². The third-order valence-electron chi connectivity index (χ3n) is 2.98. The van der Waals surface area contributed by atoms with Crippen molar-refractivity contribution >= 4 is 11.7 Å². The lowest BCUT2D eigenvalue weighted by Crippen LogP contribution is -2.10. The maximum atomic E-state index is 10.7. The van der Waals surface area contributed by atoms with Gasteiger partial charge in [0.05, 0.1) is 0 Å². The summed E-state index contributed by atoms with van der Waals surface area (Å²) in [6, 6.07) is 0. The number of carboxylic acid groups (broad SMARTS) is 1. The molecule has 6 heteroatoms. The zero-order valence-corrected chi connectivity index (χ0v) is 8.50. The highest BCUT2D eigenvalue weighted by Crippen LogP contribution is 2.35. The van der Waals surface area contributed by atoms with Gasteiger partial charge >= 0.3 is 5.97 Å². The second kappa shape index (κ2) is 3.26. The number of fused-ring (bicyclic) bond motifs is 1. The Morgan fingerprint density at radius 2 is 2.31 bits per heavy atom. The maximum absolute atomic E-state index is 10.7. The number of aromatic carboxylic acids is 1. The summed E-state index contributed by atoms with van der Waals surface area (Å²) in [5.74, 6) is -0.455. The van der Waals surface area contributed by atoms with Gasteiger partial charge in [0.2, 0.25) is 0 Å². The van der Waals surface area contributed by atoms with Crippen LogP contribution in [0.3, 0.4) is 0 Å². The molecule has 0 radical (unpaired) electrons. The van der Waals surface area contributed by atoms with Gasteiger partial charge in [-0.15, -0.1) is 5.10 Å². The number of carboxylic acids is 1. The minimum atomic E-state index is -1.13. The minimum Gasteiger partial charge on any atom is -0.475 e. The Morgan fingerprint density at radius 1 is 1.50 bits per heavy atom. The molecule has 16 heavy (non-hydrogen) atoms. The van der Waals surface area contributed by atoms with E-state index in [9.17, 15) is 4.79 Å². The molecular formula is C10H10N4O2. The largest absolute Gasteiger partial charge is 0.475 e. The fraction of sp³-hybridized carbons (Fsp3) is 0.400. The van der Waals surface area contributed by atoms with Crippen molar-refractivity contribution in [3.05, 3.63) is 23.8 Å². The highest BCUT2D eigenvalue weighted by atomic mass is 16.4. The van der Waals surface area contributed by atoms with Gasteiger partial charge in [0.15, 0.2) is 0 Å². The summed E-state index contributed by atoms with van der Waals surface area (Å²) in [5.41, 5.74) is 1.11. The molecule has 0 aliphatic heterocycles. The van der Waals surface area contributed by atoms with Gasteiger partial charge in [0.25, 0.3) is 11.6 Å². The van der Waals surface area contributed by atoms with Crippen LogP contribution >= 0.6 is 0 Å². The number of aromatic nitrogens is 4. The van der Waals surface area contributed by atoms with E-state index >= 15 is 0 Å². The van der Waals surface area contributed by atoms with Crippen LogP contribution in [-0.2, 0) is 0 Å². The maximum Gasteiger partial charge on any atom is 0.375 e. The van der Waals surface area contributed by atoms with Crippen LogP contribution in [0, 0.1) is 0 Å². The van der Waals surface area contributed by atoms with Crippen molar-refractivity contribution < 1.29 is 9.90 Å². The number of hydrogen-bond donors (Lipinski definition) is 1. The molecule has 2 aromatic rings. The fourth-order valence-electron chi connectivity index (χ4n) is 1.84. The number of hydrogen-bond acceptors (Lipinski definition) is 4. The average molecular weight is 218 g/mol. The Labute approximate surface area is 91.0 Å². The molecule has 6 nitrogen and oxygen atoms in total. The average Bonchev–Trinajstić information content (AvgIpc) is 2.57. The number of nitrogens with zero attached hydrogens (tertiary/aromatic N) is 4. The molecule has 1 aliphatic rings. The predicted octanol–water partition coefficient (Wildman–Crippen LogP) is 1.09. The Bertz CT molecular complexity index is 559. The van der Waals surface area contributed by atoms with Gasteiger partial charge in [-0.2, -0.15) is 4.98 Å². The molecule has 1 fully saturated rings. The van der Waals surface area contributed by atoms with E-state index in [1.54, 1.807) is 6.20 Å². The summed E-state index contributed by atoms with van der Waals surface area (Å²) in [7, 11) is 0. The van der Waals surface area contributed by atoms with E-state index in [4.69, 9.17) is 5.11 Å². The fourth-order valence-corrected chi connectivity index (χ4v) is 1.84. The number of carbonyl (C=O) groups is 1. The van der Waals surface area contributed by atoms with Crippen LogP contribution in [-0.4, -0.2) is 30.7 Å². The van der Waals surface area contributed by atoms with Crippen LogP contribution in [0.4, 0.5) is 0 Å². The molecule has 82 valence electrons. The Kier molecular flexibility index (Phi) is 1.89. The summed E-state index contributed by atoms with van der Waals surface area (Å²) in [6.07, 6.45) is 7.19. The highest BCUT2D eigenvalue weighted by molar-refractivity contribution is 5.83. The molecule has 0 unspecified atom stereocenters. The third kappa shape index (κ3) is 1.34. The predicted molar refractivity (Wildman–Crippen MR) is 54.3 cm³/mol. The minimum absolute atomic E-state index is 0.210. The van der Waals surface area contributed by atoms with E-state index in [2.05, 4.69) is 15.1 Å². The monoisotopic (exact) mass is 218 g/mol. The quantitative estimate of drug-likeness (QED) is 0.816. The third-order valence-corrected chi connectivity index (χ3v) is 2.98. The van der Waals surface area contributed by atoms with Gasteiger partial charge in [-0.1, -0.05) is 6.42 Å². The van der Waals surface area contributed by atoms with Crippen molar-refractivity contribution in [3.8, 4) is 0 Å². The lowest BCUT2D eigenvalue weighted by molar-refractivity contribution is 0.0684. The molecule has 1 saturated carbocycles. The molecule has 3 rings (SSSR count). The summed E-state index contributed by atoms with van der Waals surface area (Å²) in [6.45, 7) is 0. The van der Waals surface area contributed by atoms with E-state index in [-0.39, 0.29) is 5.82 Å². The second-order valence-electron chi connectivity index (χ2n) is 4.00. The van der Waals surface area contributed by atoms with Crippen molar-refractivity contribution in [1.82, 2.24) is 19.6 Å². The molecule has 2 aromatic heterocycles. The van der Waals surface area contributed by atoms with Gasteiger partial charge in [-0.05, 0) is 24.3 Å². The lowest BCUT2D eigenvalue weighted by Gasteiger charge is -2.24. The molecule has 0 spiro atoms. The van der Waals surface area contributed by atoms with Crippen LogP contribution < -0.4 is 0 Å². The molecular weight excluding hydrogens is 208 g/mol. The van der Waals surface area contributed by atoms with E-state index in [1.807, 2.05) is 6.20 Å². The lowest BCUT2D eigenvalue weighted by atomic mass is 9.81. The van der Waals surface area contributed by atoms with Crippen LogP contribution in [0.25, 0.3) is 5.78 Å². The van der Waals surface area contributed by atoms with E-state index < -0.39 is 5.97 Å². The smallest absolute Gasteiger partial charge is 0.375 e. The normalized spacial score (nSPS) is 16.2. The summed E-state index contributed by atoms with van der Waals surface area (Å²) < 4.78 is 1.44. The first kappa shape index (κ1) is 9.26. The van der Waals surface area contributed by atoms with Crippen molar-refractivity contribution in [3.63, 3.8) is 0 Å². The molecule has 2 heterocycles. The second-order valence-corrected chi connectivity index (χ2v) is 4.00. The zero-order chi connectivity index (χ0) is 11.1. The van der Waals surface area contributed by atoms with Crippen molar-refractivity contribution in [2.75, 3.05) is 0 Å². The summed E-state index contributed by atoms with van der Waals surface area (Å²) >= 11 is 0. The highest BCUT2D eigenvalue weighted by Gasteiger charge is 2.21. The SMILES string of the molecule is O=C(O)c1nc2ncc(C3CCC3)cn2n1. The van der Waals surface area contributed by atoms with E-state index in [1.165, 1.54) is 23.8 Å². The summed E-state index contributed by atoms with van der Waals surface area (Å²) in [5, 5.41) is 12.6. The van der Waals surface area contributed by atoms with Gasteiger partial charge in [-0.3, -0.25) is 0 Å². The molecule has 0 bridgehead atoms. The van der Waals surface area contributed by atoms with Crippen molar-refractivity contribution in [2.45, 2.75) is 25.2 Å². The Balaban J connectivity index is 2.06. The molecule has 0 aromatic carbocycles. The topological polar surface area (TPSA) is 80.4 Å². The molecule has 0 atom stereocenters. The van der Waals surface area contributed by atoms with Crippen molar-refractivity contribution in [1.29, 1.82) is 0 Å². The molecule has 1 N–H and O–H groups in total. The van der Waals surface area contributed by atoms with Gasteiger partial charge in [0.1, 0.15) is 0 Å².